The van der Waals surface area contributed by atoms with Gasteiger partial charge >= 0.3 is 0 Å². The zero-order valence-electron chi connectivity index (χ0n) is 18.8. The van der Waals surface area contributed by atoms with Crippen LogP contribution < -0.4 is 0 Å². The van der Waals surface area contributed by atoms with E-state index in [9.17, 15) is 9.18 Å². The highest BCUT2D eigenvalue weighted by Crippen LogP contribution is 2.29. The Morgan fingerprint density at radius 2 is 1.70 bits per heavy atom. The fourth-order valence-electron chi connectivity index (χ4n) is 3.67. The molecular weight excluding hydrogens is 435 g/mol. The highest BCUT2D eigenvalue weighted by atomic mass is 32.2. The van der Waals surface area contributed by atoms with Gasteiger partial charge in [0.2, 0.25) is 0 Å². The molecule has 33 heavy (non-hydrogen) atoms. The van der Waals surface area contributed by atoms with Crippen molar-refractivity contribution in [2.75, 3.05) is 7.05 Å². The molecule has 0 spiro atoms. The van der Waals surface area contributed by atoms with Gasteiger partial charge in [0.05, 0.1) is 6.20 Å². The first-order valence-corrected chi connectivity index (χ1v) is 11.6. The maximum atomic E-state index is 13.6. The number of pyridine rings is 1. The lowest BCUT2D eigenvalue weighted by Crippen LogP contribution is -2.28. The van der Waals surface area contributed by atoms with Crippen molar-refractivity contribution in [3.05, 3.63) is 107 Å². The smallest absolute Gasteiger partial charge is 0.272 e. The van der Waals surface area contributed by atoms with E-state index >= 15 is 0 Å². The summed E-state index contributed by atoms with van der Waals surface area (Å²) < 4.78 is 15.4. The van der Waals surface area contributed by atoms with Gasteiger partial charge in [-0.25, -0.2) is 9.37 Å². The number of carbonyl (C=O) groups is 1. The predicted molar refractivity (Wildman–Crippen MR) is 129 cm³/mol. The molecular formula is C26H25FN4OS. The number of aryl methyl sites for hydroxylation is 2. The lowest BCUT2D eigenvalue weighted by atomic mass is 10.1. The highest BCUT2D eigenvalue weighted by Gasteiger charge is 2.22. The average Bonchev–Trinajstić information content (AvgIpc) is 3.23. The van der Waals surface area contributed by atoms with Gasteiger partial charge in [0.15, 0.2) is 5.16 Å². The van der Waals surface area contributed by atoms with E-state index in [1.54, 1.807) is 54.4 Å². The second kappa shape index (κ2) is 10.0. The molecule has 0 fully saturated rings. The van der Waals surface area contributed by atoms with E-state index in [0.717, 1.165) is 11.3 Å². The van der Waals surface area contributed by atoms with Crippen molar-refractivity contribution in [3.63, 3.8) is 0 Å². The third-order valence-electron chi connectivity index (χ3n) is 5.54. The molecule has 0 unspecified atom stereocenters. The van der Waals surface area contributed by atoms with Crippen LogP contribution in [0.3, 0.4) is 0 Å². The van der Waals surface area contributed by atoms with E-state index in [1.165, 1.54) is 28.8 Å². The zero-order chi connectivity index (χ0) is 23.4. The lowest BCUT2D eigenvalue weighted by Gasteiger charge is -2.19. The van der Waals surface area contributed by atoms with Crippen LogP contribution in [0.4, 0.5) is 4.39 Å². The predicted octanol–water partition coefficient (Wildman–Crippen LogP) is 5.59. The Balaban J connectivity index is 1.66. The van der Waals surface area contributed by atoms with E-state index in [0.29, 0.717) is 23.1 Å². The summed E-state index contributed by atoms with van der Waals surface area (Å²) in [5, 5.41) is 0.685. The minimum absolute atomic E-state index is 0.164. The number of imidazole rings is 1. The molecule has 2 heterocycles. The van der Waals surface area contributed by atoms with Crippen LogP contribution in [-0.4, -0.2) is 32.4 Å². The Bertz CT molecular complexity index is 1240. The minimum Gasteiger partial charge on any atom is -0.336 e. The van der Waals surface area contributed by atoms with Crippen LogP contribution in [0, 0.1) is 19.7 Å². The number of thioether (sulfide) groups is 1. The monoisotopic (exact) mass is 460 g/mol. The summed E-state index contributed by atoms with van der Waals surface area (Å²) in [7, 11) is 1.76. The molecule has 0 aliphatic heterocycles. The Morgan fingerprint density at radius 1 is 1.03 bits per heavy atom. The molecule has 4 aromatic rings. The first-order chi connectivity index (χ1) is 15.9. The first kappa shape index (κ1) is 22.7. The fourth-order valence-corrected chi connectivity index (χ4v) is 4.86. The average molecular weight is 461 g/mol. The molecule has 7 heteroatoms. The second-order valence-corrected chi connectivity index (χ2v) is 8.86. The molecule has 0 bridgehead atoms. The van der Waals surface area contributed by atoms with Crippen molar-refractivity contribution in [2.45, 2.75) is 31.3 Å². The standard InChI is InChI=1S/C26H25FN4OS/c1-18-5-4-6-19(2)23(18)17-33-26-29-15-24(31(26)22-9-7-21(27)8-10-22)25(32)30(3)16-20-11-13-28-14-12-20/h4-15H,16-17H2,1-3H3. The van der Waals surface area contributed by atoms with E-state index in [-0.39, 0.29) is 11.7 Å². The van der Waals surface area contributed by atoms with Crippen molar-refractivity contribution < 1.29 is 9.18 Å². The number of benzene rings is 2. The van der Waals surface area contributed by atoms with Gasteiger partial charge in [0, 0.05) is 37.4 Å². The van der Waals surface area contributed by atoms with Crippen molar-refractivity contribution in [1.82, 2.24) is 19.4 Å². The summed E-state index contributed by atoms with van der Waals surface area (Å²) in [5.41, 5.74) is 5.80. The molecule has 1 amide bonds. The molecule has 0 atom stereocenters. The second-order valence-electron chi connectivity index (χ2n) is 7.91. The van der Waals surface area contributed by atoms with Gasteiger partial charge in [-0.15, -0.1) is 0 Å². The van der Waals surface area contributed by atoms with Crippen LogP contribution in [0.25, 0.3) is 5.69 Å². The molecule has 0 radical (unpaired) electrons. The van der Waals surface area contributed by atoms with Crippen LogP contribution in [-0.2, 0) is 12.3 Å². The number of nitrogens with zero attached hydrogens (tertiary/aromatic N) is 4. The molecule has 2 aromatic heterocycles. The third kappa shape index (κ3) is 5.14. The van der Waals surface area contributed by atoms with Gasteiger partial charge in [-0.3, -0.25) is 14.3 Å². The van der Waals surface area contributed by atoms with Gasteiger partial charge in [-0.1, -0.05) is 30.0 Å². The maximum absolute atomic E-state index is 13.6. The molecule has 168 valence electrons. The van der Waals surface area contributed by atoms with E-state index in [1.807, 2.05) is 22.8 Å². The molecule has 0 N–H and O–H groups in total. The quantitative estimate of drug-likeness (QED) is 0.338. The molecule has 0 aliphatic carbocycles. The van der Waals surface area contributed by atoms with E-state index < -0.39 is 0 Å². The molecule has 0 aliphatic rings. The Kier molecular flexibility index (Phi) is 6.89. The third-order valence-corrected chi connectivity index (χ3v) is 6.52. The summed E-state index contributed by atoms with van der Waals surface area (Å²) in [6, 6.07) is 16.1. The number of aromatic nitrogens is 3. The van der Waals surface area contributed by atoms with Gasteiger partial charge in [0.1, 0.15) is 11.5 Å². The fraction of sp³-hybridized carbons (Fsp3) is 0.192. The number of amides is 1. The molecule has 0 saturated carbocycles. The number of hydrogen-bond donors (Lipinski definition) is 0. The molecule has 0 saturated heterocycles. The SMILES string of the molecule is Cc1cccc(C)c1CSc1ncc(C(=O)N(C)Cc2ccncc2)n1-c1ccc(F)cc1. The summed E-state index contributed by atoms with van der Waals surface area (Å²) in [6.45, 7) is 4.64. The molecule has 2 aromatic carbocycles. The number of halogens is 1. The summed E-state index contributed by atoms with van der Waals surface area (Å²) in [6.07, 6.45) is 5.01. The van der Waals surface area contributed by atoms with Gasteiger partial charge < -0.3 is 4.90 Å². The zero-order valence-corrected chi connectivity index (χ0v) is 19.6. The van der Waals surface area contributed by atoms with Gasteiger partial charge in [0.25, 0.3) is 5.91 Å². The van der Waals surface area contributed by atoms with Crippen LogP contribution in [0.1, 0.15) is 32.7 Å². The van der Waals surface area contributed by atoms with Crippen molar-refractivity contribution in [2.24, 2.45) is 0 Å². The molecule has 5 nitrogen and oxygen atoms in total. The van der Waals surface area contributed by atoms with E-state index in [4.69, 9.17) is 0 Å². The van der Waals surface area contributed by atoms with Crippen molar-refractivity contribution in [1.29, 1.82) is 0 Å². The van der Waals surface area contributed by atoms with Gasteiger partial charge in [-0.2, -0.15) is 0 Å². The summed E-state index contributed by atoms with van der Waals surface area (Å²) >= 11 is 1.56. The van der Waals surface area contributed by atoms with E-state index in [2.05, 4.69) is 35.9 Å². The largest absolute Gasteiger partial charge is 0.336 e. The topological polar surface area (TPSA) is 51.0 Å². The summed E-state index contributed by atoms with van der Waals surface area (Å²) in [4.78, 5) is 23.6. The highest BCUT2D eigenvalue weighted by molar-refractivity contribution is 7.98. The Hall–Kier alpha value is -3.45. The summed E-state index contributed by atoms with van der Waals surface area (Å²) in [5.74, 6) is 0.228. The lowest BCUT2D eigenvalue weighted by molar-refractivity contribution is 0.0776. The van der Waals surface area contributed by atoms with Crippen LogP contribution in [0.5, 0.6) is 0 Å². The number of carbonyl (C=O) groups excluding carboxylic acids is 1. The van der Waals surface area contributed by atoms with Crippen LogP contribution >= 0.6 is 11.8 Å². The van der Waals surface area contributed by atoms with Crippen LogP contribution in [0.2, 0.25) is 0 Å². The van der Waals surface area contributed by atoms with Gasteiger partial charge in [-0.05, 0) is 72.5 Å². The normalized spacial score (nSPS) is 10.9. The maximum Gasteiger partial charge on any atom is 0.272 e. The number of rotatable bonds is 7. The van der Waals surface area contributed by atoms with Crippen molar-refractivity contribution >= 4 is 17.7 Å². The van der Waals surface area contributed by atoms with Crippen molar-refractivity contribution in [3.8, 4) is 5.69 Å². The first-order valence-electron chi connectivity index (χ1n) is 10.6. The Labute approximate surface area is 197 Å². The minimum atomic E-state index is -0.328. The molecule has 4 rings (SSSR count). The number of hydrogen-bond acceptors (Lipinski definition) is 4. The van der Waals surface area contributed by atoms with Crippen LogP contribution in [0.15, 0.2) is 78.3 Å². The Morgan fingerprint density at radius 3 is 2.36 bits per heavy atom.